The van der Waals surface area contributed by atoms with Gasteiger partial charge in [-0.1, -0.05) is 19.9 Å². The van der Waals surface area contributed by atoms with Gasteiger partial charge in [0, 0.05) is 5.69 Å². The van der Waals surface area contributed by atoms with Gasteiger partial charge < -0.3 is 5.73 Å². The summed E-state index contributed by atoms with van der Waals surface area (Å²) in [4.78, 5) is 0.135. The number of anilines is 1. The Morgan fingerprint density at radius 1 is 1.33 bits per heavy atom. The minimum Gasteiger partial charge on any atom is -0.398 e. The van der Waals surface area contributed by atoms with Gasteiger partial charge in [-0.15, -0.1) is 0 Å². The van der Waals surface area contributed by atoms with E-state index in [1.54, 1.807) is 12.1 Å². The molecule has 0 spiro atoms. The lowest BCUT2D eigenvalue weighted by atomic mass is 10.0. The van der Waals surface area contributed by atoms with Gasteiger partial charge >= 0.3 is 0 Å². The second kappa shape index (κ2) is 4.20. The van der Waals surface area contributed by atoms with E-state index < -0.39 is 10.0 Å². The molecule has 0 aliphatic carbocycles. The van der Waals surface area contributed by atoms with Gasteiger partial charge in [0.25, 0.3) is 0 Å². The number of rotatable bonds is 3. The topological polar surface area (TPSA) is 86.2 Å². The van der Waals surface area contributed by atoms with Crippen LogP contribution in [0.25, 0.3) is 0 Å². The third-order valence-electron chi connectivity index (χ3n) is 2.09. The fourth-order valence-electron chi connectivity index (χ4n) is 1.48. The number of nitrogens with two attached hydrogens (primary N) is 2. The van der Waals surface area contributed by atoms with Crippen LogP contribution in [0.15, 0.2) is 23.1 Å². The Labute approximate surface area is 90.3 Å². The molecular formula is C10H16N2O2S. The summed E-state index contributed by atoms with van der Waals surface area (Å²) in [5.41, 5.74) is 6.85. The zero-order valence-corrected chi connectivity index (χ0v) is 9.71. The molecule has 0 unspecified atom stereocenters. The predicted octanol–water partition coefficient (Wildman–Crippen LogP) is 1.11. The van der Waals surface area contributed by atoms with Crippen molar-refractivity contribution in [1.82, 2.24) is 0 Å². The first-order valence-corrected chi connectivity index (χ1v) is 6.27. The first kappa shape index (κ1) is 12.0. The Bertz CT molecular complexity index is 452. The molecule has 1 aromatic carbocycles. The lowest BCUT2D eigenvalue weighted by Gasteiger charge is -2.12. The third-order valence-corrected chi connectivity index (χ3v) is 3.08. The van der Waals surface area contributed by atoms with E-state index in [2.05, 4.69) is 0 Å². The summed E-state index contributed by atoms with van der Waals surface area (Å²) in [5.74, 6) is 0.329. The smallest absolute Gasteiger partial charge is 0.238 e. The number of nitrogen functional groups attached to an aromatic ring is 1. The van der Waals surface area contributed by atoms with Crippen molar-refractivity contribution < 1.29 is 8.42 Å². The second-order valence-electron chi connectivity index (χ2n) is 3.97. The Balaban J connectivity index is 3.33. The van der Waals surface area contributed by atoms with Crippen LogP contribution >= 0.6 is 0 Å². The SMILES string of the molecule is CC(C)Cc1c(N)cccc1S(N)(=O)=O. The summed E-state index contributed by atoms with van der Waals surface area (Å²) in [6, 6.07) is 4.77. The number of hydrogen-bond acceptors (Lipinski definition) is 3. The molecule has 15 heavy (non-hydrogen) atoms. The van der Waals surface area contributed by atoms with Crippen LogP contribution in [-0.2, 0) is 16.4 Å². The third kappa shape index (κ3) is 2.94. The molecule has 4 N–H and O–H groups in total. The molecule has 0 heterocycles. The summed E-state index contributed by atoms with van der Waals surface area (Å²) < 4.78 is 22.6. The Morgan fingerprint density at radius 3 is 2.40 bits per heavy atom. The van der Waals surface area contributed by atoms with Gasteiger partial charge in [0.15, 0.2) is 0 Å². The van der Waals surface area contributed by atoms with Crippen LogP contribution < -0.4 is 10.9 Å². The maximum absolute atomic E-state index is 11.3. The first-order valence-electron chi connectivity index (χ1n) is 4.72. The van der Waals surface area contributed by atoms with Crippen molar-refractivity contribution in [1.29, 1.82) is 0 Å². The van der Waals surface area contributed by atoms with E-state index >= 15 is 0 Å². The number of hydrogen-bond donors (Lipinski definition) is 2. The summed E-state index contributed by atoms with van der Waals surface area (Å²) >= 11 is 0. The first-order chi connectivity index (χ1) is 6.82. The molecule has 0 fully saturated rings. The summed E-state index contributed by atoms with van der Waals surface area (Å²) in [7, 11) is -3.68. The van der Waals surface area contributed by atoms with E-state index in [-0.39, 0.29) is 4.90 Å². The van der Waals surface area contributed by atoms with Crippen LogP contribution in [0.4, 0.5) is 5.69 Å². The maximum Gasteiger partial charge on any atom is 0.238 e. The van der Waals surface area contributed by atoms with Crippen LogP contribution in [0, 0.1) is 5.92 Å². The van der Waals surface area contributed by atoms with Crippen molar-refractivity contribution in [2.45, 2.75) is 25.2 Å². The predicted molar refractivity (Wildman–Crippen MR) is 60.8 cm³/mol. The summed E-state index contributed by atoms with van der Waals surface area (Å²) in [6.07, 6.45) is 0.610. The van der Waals surface area contributed by atoms with Crippen molar-refractivity contribution in [2.75, 3.05) is 5.73 Å². The quantitative estimate of drug-likeness (QED) is 0.760. The number of primary sulfonamides is 1. The van der Waals surface area contributed by atoms with Crippen LogP contribution in [0.5, 0.6) is 0 Å². The summed E-state index contributed by atoms with van der Waals surface area (Å²) in [6.45, 7) is 4.00. The molecule has 0 aromatic heterocycles. The number of sulfonamides is 1. The molecule has 5 heteroatoms. The van der Waals surface area contributed by atoms with E-state index in [9.17, 15) is 8.42 Å². The van der Waals surface area contributed by atoms with Crippen molar-refractivity contribution in [3.8, 4) is 0 Å². The van der Waals surface area contributed by atoms with E-state index in [1.165, 1.54) is 6.07 Å². The average Bonchev–Trinajstić information content (AvgIpc) is 2.05. The highest BCUT2D eigenvalue weighted by molar-refractivity contribution is 7.89. The monoisotopic (exact) mass is 228 g/mol. The Hall–Kier alpha value is -1.07. The second-order valence-corrected chi connectivity index (χ2v) is 5.50. The van der Waals surface area contributed by atoms with Crippen molar-refractivity contribution in [3.05, 3.63) is 23.8 Å². The lowest BCUT2D eigenvalue weighted by Crippen LogP contribution is -2.16. The maximum atomic E-state index is 11.3. The van der Waals surface area contributed by atoms with Crippen molar-refractivity contribution in [3.63, 3.8) is 0 Å². The van der Waals surface area contributed by atoms with Crippen LogP contribution in [-0.4, -0.2) is 8.42 Å². The van der Waals surface area contributed by atoms with Gasteiger partial charge in [-0.05, 0) is 30.0 Å². The molecule has 0 bridgehead atoms. The molecule has 0 aliphatic heterocycles. The van der Waals surface area contributed by atoms with Crippen molar-refractivity contribution in [2.24, 2.45) is 11.1 Å². The minimum atomic E-state index is -3.68. The van der Waals surface area contributed by atoms with Crippen molar-refractivity contribution >= 4 is 15.7 Å². The molecular weight excluding hydrogens is 212 g/mol. The molecule has 1 aromatic rings. The van der Waals surface area contributed by atoms with Crippen LogP contribution in [0.3, 0.4) is 0 Å². The zero-order chi connectivity index (χ0) is 11.6. The normalized spacial score (nSPS) is 12.0. The van der Waals surface area contributed by atoms with Gasteiger partial charge in [-0.2, -0.15) is 0 Å². The molecule has 0 saturated heterocycles. The fraction of sp³-hybridized carbons (Fsp3) is 0.400. The Morgan fingerprint density at radius 2 is 1.93 bits per heavy atom. The Kier molecular flexibility index (Phi) is 3.36. The molecule has 0 radical (unpaired) electrons. The fourth-order valence-corrected chi connectivity index (χ4v) is 2.29. The molecule has 0 aliphatic rings. The van der Waals surface area contributed by atoms with Crippen LogP contribution in [0.2, 0.25) is 0 Å². The van der Waals surface area contributed by atoms with E-state index in [0.717, 1.165) is 0 Å². The summed E-state index contributed by atoms with van der Waals surface area (Å²) in [5, 5.41) is 5.12. The largest absolute Gasteiger partial charge is 0.398 e. The molecule has 0 amide bonds. The average molecular weight is 228 g/mol. The van der Waals surface area contributed by atoms with E-state index in [4.69, 9.17) is 10.9 Å². The lowest BCUT2D eigenvalue weighted by molar-refractivity contribution is 0.592. The highest BCUT2D eigenvalue weighted by atomic mass is 32.2. The van der Waals surface area contributed by atoms with Gasteiger partial charge in [0.1, 0.15) is 0 Å². The minimum absolute atomic E-state index is 0.135. The van der Waals surface area contributed by atoms with E-state index in [0.29, 0.717) is 23.6 Å². The van der Waals surface area contributed by atoms with Gasteiger partial charge in [0.05, 0.1) is 4.90 Å². The zero-order valence-electron chi connectivity index (χ0n) is 8.90. The van der Waals surface area contributed by atoms with E-state index in [1.807, 2.05) is 13.8 Å². The number of benzene rings is 1. The molecule has 1 rings (SSSR count). The van der Waals surface area contributed by atoms with Crippen LogP contribution in [0.1, 0.15) is 19.4 Å². The highest BCUT2D eigenvalue weighted by Crippen LogP contribution is 2.23. The molecule has 0 atom stereocenters. The standard InChI is InChI=1S/C10H16N2O2S/c1-7(2)6-8-9(11)4-3-5-10(8)15(12,13)14/h3-5,7H,6,11H2,1-2H3,(H2,12,13,14). The molecule has 84 valence electrons. The highest BCUT2D eigenvalue weighted by Gasteiger charge is 2.16. The van der Waals surface area contributed by atoms with Gasteiger partial charge in [0.2, 0.25) is 10.0 Å². The molecule has 0 saturated carbocycles. The van der Waals surface area contributed by atoms with Gasteiger partial charge in [-0.3, -0.25) is 0 Å². The van der Waals surface area contributed by atoms with Gasteiger partial charge in [-0.25, -0.2) is 13.6 Å². The molecule has 4 nitrogen and oxygen atoms in total.